The number of fused-ring (bicyclic) bond motifs is 2. The second kappa shape index (κ2) is 7.48. The Bertz CT molecular complexity index is 823. The number of amides is 1. The van der Waals surface area contributed by atoms with E-state index in [9.17, 15) is 17.6 Å². The van der Waals surface area contributed by atoms with Gasteiger partial charge in [0.15, 0.2) is 0 Å². The fourth-order valence-corrected chi connectivity index (χ4v) is 6.28. The Morgan fingerprint density at radius 1 is 1.22 bits per heavy atom. The maximum atomic E-state index is 14.2. The fraction of sp³-hybridized carbons (Fsp3) is 0.632. The molecule has 27 heavy (non-hydrogen) atoms. The molecule has 3 fully saturated rings. The number of nitrogens with one attached hydrogen (secondary N) is 1. The molecule has 1 aliphatic heterocycles. The van der Waals surface area contributed by atoms with Gasteiger partial charge >= 0.3 is 0 Å². The molecule has 1 N–H and O–H groups in total. The molecule has 3 aliphatic rings. The van der Waals surface area contributed by atoms with E-state index in [0.29, 0.717) is 37.2 Å². The quantitative estimate of drug-likeness (QED) is 0.830. The zero-order chi connectivity index (χ0) is 19.0. The van der Waals surface area contributed by atoms with Gasteiger partial charge in [-0.2, -0.15) is 4.31 Å². The summed E-state index contributed by atoms with van der Waals surface area (Å²) in [4.78, 5) is 12.0. The highest BCUT2D eigenvalue weighted by atomic mass is 32.2. The molecule has 0 aromatic heterocycles. The van der Waals surface area contributed by atoms with Gasteiger partial charge in [0.1, 0.15) is 10.7 Å². The molecule has 2 aliphatic carbocycles. The van der Waals surface area contributed by atoms with Crippen molar-refractivity contribution >= 4 is 21.6 Å². The third-order valence-corrected chi connectivity index (χ3v) is 8.05. The number of hydrogen-bond acceptors (Lipinski definition) is 4. The van der Waals surface area contributed by atoms with Crippen molar-refractivity contribution in [1.29, 1.82) is 0 Å². The molecule has 148 valence electrons. The smallest absolute Gasteiger partial charge is 0.246 e. The number of carbonyl (C=O) groups excluding carboxylic acids is 1. The Morgan fingerprint density at radius 2 is 2.00 bits per heavy atom. The fourth-order valence-electron chi connectivity index (χ4n) is 4.78. The standard InChI is InChI=1S/C19H25FN2O4S/c20-17-4-3-16(12-18(17)27(24,25)22-5-7-26-8-6-22)21-19(23)11-15-10-13-1-2-14(15)9-13/h3-4,12-15H,1-2,5-11H2,(H,21,23). The largest absolute Gasteiger partial charge is 0.379 e. The zero-order valence-electron chi connectivity index (χ0n) is 15.2. The minimum atomic E-state index is -3.95. The van der Waals surface area contributed by atoms with Gasteiger partial charge in [-0.3, -0.25) is 4.79 Å². The summed E-state index contributed by atoms with van der Waals surface area (Å²) < 4.78 is 46.1. The first kappa shape index (κ1) is 18.8. The van der Waals surface area contributed by atoms with Gasteiger partial charge in [-0.1, -0.05) is 6.42 Å². The third-order valence-electron chi connectivity index (χ3n) is 6.13. The molecule has 1 amide bonds. The van der Waals surface area contributed by atoms with E-state index in [2.05, 4.69) is 5.32 Å². The molecule has 1 aromatic carbocycles. The van der Waals surface area contributed by atoms with Crippen LogP contribution in [0.25, 0.3) is 0 Å². The lowest BCUT2D eigenvalue weighted by Gasteiger charge is -2.26. The highest BCUT2D eigenvalue weighted by Gasteiger charge is 2.40. The topological polar surface area (TPSA) is 75.7 Å². The minimum Gasteiger partial charge on any atom is -0.379 e. The van der Waals surface area contributed by atoms with Gasteiger partial charge in [0, 0.05) is 25.2 Å². The summed E-state index contributed by atoms with van der Waals surface area (Å²) in [6.07, 6.45) is 5.28. The first-order chi connectivity index (χ1) is 12.9. The van der Waals surface area contributed by atoms with Crippen molar-refractivity contribution in [3.63, 3.8) is 0 Å². The third kappa shape index (κ3) is 3.88. The Morgan fingerprint density at radius 3 is 2.67 bits per heavy atom. The summed E-state index contributed by atoms with van der Waals surface area (Å²) in [5.74, 6) is 0.886. The number of rotatable bonds is 5. The van der Waals surface area contributed by atoms with Crippen LogP contribution in [-0.4, -0.2) is 44.9 Å². The van der Waals surface area contributed by atoms with E-state index in [4.69, 9.17) is 4.74 Å². The Hall–Kier alpha value is -1.51. The maximum absolute atomic E-state index is 14.2. The molecule has 6 nitrogen and oxygen atoms in total. The van der Waals surface area contributed by atoms with E-state index in [1.54, 1.807) is 0 Å². The summed E-state index contributed by atoms with van der Waals surface area (Å²) >= 11 is 0. The van der Waals surface area contributed by atoms with Gasteiger partial charge in [-0.25, -0.2) is 12.8 Å². The molecule has 4 rings (SSSR count). The number of ether oxygens (including phenoxy) is 1. The summed E-state index contributed by atoms with van der Waals surface area (Å²) in [5.41, 5.74) is 0.316. The molecule has 0 radical (unpaired) electrons. The molecule has 0 spiro atoms. The van der Waals surface area contributed by atoms with Crippen LogP contribution in [0.1, 0.15) is 32.1 Å². The van der Waals surface area contributed by atoms with Crippen molar-refractivity contribution in [2.75, 3.05) is 31.6 Å². The predicted molar refractivity (Wildman–Crippen MR) is 98.2 cm³/mol. The number of carbonyl (C=O) groups is 1. The Kier molecular flexibility index (Phi) is 5.22. The molecule has 1 saturated heterocycles. The van der Waals surface area contributed by atoms with Gasteiger partial charge in [-0.05, 0) is 55.2 Å². The van der Waals surface area contributed by atoms with Crippen molar-refractivity contribution in [1.82, 2.24) is 4.31 Å². The lowest BCUT2D eigenvalue weighted by Crippen LogP contribution is -2.40. The van der Waals surface area contributed by atoms with Crippen LogP contribution in [0.15, 0.2) is 23.1 Å². The van der Waals surface area contributed by atoms with Crippen LogP contribution in [0.3, 0.4) is 0 Å². The predicted octanol–water partition coefficient (Wildman–Crippen LogP) is 2.61. The molecular weight excluding hydrogens is 371 g/mol. The van der Waals surface area contributed by atoms with Crippen LogP contribution < -0.4 is 5.32 Å². The SMILES string of the molecule is O=C(CC1CC2CCC1C2)Nc1ccc(F)c(S(=O)(=O)N2CCOCC2)c1. The van der Waals surface area contributed by atoms with Crippen molar-refractivity contribution in [2.45, 2.75) is 37.0 Å². The molecule has 1 aromatic rings. The first-order valence-electron chi connectivity index (χ1n) is 9.61. The number of morpholine rings is 1. The van der Waals surface area contributed by atoms with E-state index < -0.39 is 20.7 Å². The van der Waals surface area contributed by atoms with E-state index >= 15 is 0 Å². The molecule has 3 atom stereocenters. The average molecular weight is 396 g/mol. The molecule has 3 unspecified atom stereocenters. The maximum Gasteiger partial charge on any atom is 0.246 e. The number of halogens is 1. The second-order valence-corrected chi connectivity index (χ2v) is 9.76. The van der Waals surface area contributed by atoms with Crippen molar-refractivity contribution < 1.29 is 22.3 Å². The van der Waals surface area contributed by atoms with Crippen molar-refractivity contribution in [3.8, 4) is 0 Å². The number of benzene rings is 1. The molecule has 2 saturated carbocycles. The molecular formula is C19H25FN2O4S. The first-order valence-corrected chi connectivity index (χ1v) is 11.0. The number of sulfonamides is 1. The summed E-state index contributed by atoms with van der Waals surface area (Å²) in [7, 11) is -3.95. The van der Waals surface area contributed by atoms with Crippen LogP contribution in [0.5, 0.6) is 0 Å². The number of anilines is 1. The Labute approximate surface area is 159 Å². The molecule has 2 bridgehead atoms. The summed E-state index contributed by atoms with van der Waals surface area (Å²) in [5, 5.41) is 2.76. The van der Waals surface area contributed by atoms with Crippen LogP contribution in [-0.2, 0) is 19.6 Å². The van der Waals surface area contributed by atoms with Crippen LogP contribution in [0.2, 0.25) is 0 Å². The van der Waals surface area contributed by atoms with Gasteiger partial charge < -0.3 is 10.1 Å². The van der Waals surface area contributed by atoms with Crippen molar-refractivity contribution in [2.24, 2.45) is 17.8 Å². The van der Waals surface area contributed by atoms with Gasteiger partial charge in [0.2, 0.25) is 15.9 Å². The van der Waals surface area contributed by atoms with Gasteiger partial charge in [-0.15, -0.1) is 0 Å². The number of nitrogens with zero attached hydrogens (tertiary/aromatic N) is 1. The second-order valence-electron chi connectivity index (χ2n) is 7.85. The van der Waals surface area contributed by atoms with Crippen molar-refractivity contribution in [3.05, 3.63) is 24.0 Å². The normalized spacial score (nSPS) is 28.4. The molecule has 8 heteroatoms. The lowest BCUT2D eigenvalue weighted by atomic mass is 9.86. The zero-order valence-corrected chi connectivity index (χ0v) is 16.0. The van der Waals surface area contributed by atoms with E-state index in [-0.39, 0.29) is 19.0 Å². The minimum absolute atomic E-state index is 0.131. The van der Waals surface area contributed by atoms with E-state index in [1.165, 1.54) is 35.7 Å². The van der Waals surface area contributed by atoms with Crippen LogP contribution in [0, 0.1) is 23.6 Å². The van der Waals surface area contributed by atoms with Gasteiger partial charge in [0.25, 0.3) is 0 Å². The Balaban J connectivity index is 1.46. The molecule has 1 heterocycles. The van der Waals surface area contributed by atoms with Crippen LogP contribution in [0.4, 0.5) is 10.1 Å². The van der Waals surface area contributed by atoms with Gasteiger partial charge in [0.05, 0.1) is 13.2 Å². The van der Waals surface area contributed by atoms with E-state index in [0.717, 1.165) is 18.4 Å². The monoisotopic (exact) mass is 396 g/mol. The lowest BCUT2D eigenvalue weighted by molar-refractivity contribution is -0.117. The summed E-state index contributed by atoms with van der Waals surface area (Å²) in [6, 6.07) is 3.73. The number of hydrogen-bond donors (Lipinski definition) is 1. The summed E-state index contributed by atoms with van der Waals surface area (Å²) in [6.45, 7) is 0.979. The van der Waals surface area contributed by atoms with Crippen LogP contribution >= 0.6 is 0 Å². The highest BCUT2D eigenvalue weighted by Crippen LogP contribution is 2.49. The van der Waals surface area contributed by atoms with E-state index in [1.807, 2.05) is 0 Å². The highest BCUT2D eigenvalue weighted by molar-refractivity contribution is 7.89. The average Bonchev–Trinajstić information content (AvgIpc) is 3.27.